The van der Waals surface area contributed by atoms with Gasteiger partial charge in [-0.1, -0.05) is 49.4 Å². The summed E-state index contributed by atoms with van der Waals surface area (Å²) in [5.74, 6) is 0.160. The Balaban J connectivity index is 2.11. The minimum atomic E-state index is -0.0361. The molecule has 0 saturated carbocycles. The summed E-state index contributed by atoms with van der Waals surface area (Å²) in [6, 6.07) is 14.4. The third kappa shape index (κ3) is 3.55. The summed E-state index contributed by atoms with van der Waals surface area (Å²) in [4.78, 5) is 12.0. The van der Waals surface area contributed by atoms with E-state index < -0.39 is 0 Å². The van der Waals surface area contributed by atoms with Gasteiger partial charge in [0, 0.05) is 5.56 Å². The standard InChI is InChI=1S/C17H16O2/c1-2-13-6-9-15(10-7-13)17(19)11-8-14-4-3-5-16(18)12-14/h3-12,18H,2H2,1H3/b11-8+. The average molecular weight is 252 g/mol. The molecule has 0 aromatic heterocycles. The zero-order chi connectivity index (χ0) is 13.7. The van der Waals surface area contributed by atoms with Crippen LogP contribution in [0.25, 0.3) is 6.08 Å². The highest BCUT2D eigenvalue weighted by molar-refractivity contribution is 6.06. The summed E-state index contributed by atoms with van der Waals surface area (Å²) >= 11 is 0. The van der Waals surface area contributed by atoms with Crippen LogP contribution in [0.4, 0.5) is 0 Å². The van der Waals surface area contributed by atoms with E-state index in [1.807, 2.05) is 30.3 Å². The molecule has 2 heteroatoms. The first-order valence-corrected chi connectivity index (χ1v) is 6.29. The first kappa shape index (κ1) is 13.1. The molecule has 2 nitrogen and oxygen atoms in total. The molecule has 0 amide bonds. The Bertz CT molecular complexity index is 595. The van der Waals surface area contributed by atoms with Crippen molar-refractivity contribution in [1.82, 2.24) is 0 Å². The summed E-state index contributed by atoms with van der Waals surface area (Å²) in [5, 5.41) is 9.33. The first-order valence-electron chi connectivity index (χ1n) is 6.29. The molecule has 0 aliphatic carbocycles. The van der Waals surface area contributed by atoms with Gasteiger partial charge in [0.2, 0.25) is 0 Å². The average Bonchev–Trinajstić information content (AvgIpc) is 2.45. The molecule has 0 atom stereocenters. The van der Waals surface area contributed by atoms with Gasteiger partial charge in [0.05, 0.1) is 0 Å². The van der Waals surface area contributed by atoms with E-state index in [1.54, 1.807) is 24.3 Å². The SMILES string of the molecule is CCc1ccc(C(=O)/C=C/c2cccc(O)c2)cc1. The third-order valence-corrected chi connectivity index (χ3v) is 2.94. The maximum absolute atomic E-state index is 12.0. The quantitative estimate of drug-likeness (QED) is 0.663. The van der Waals surface area contributed by atoms with Gasteiger partial charge in [0.15, 0.2) is 5.78 Å². The maximum atomic E-state index is 12.0. The lowest BCUT2D eigenvalue weighted by Gasteiger charge is -1.99. The zero-order valence-electron chi connectivity index (χ0n) is 10.8. The molecule has 0 radical (unpaired) electrons. The van der Waals surface area contributed by atoms with Gasteiger partial charge in [0.25, 0.3) is 0 Å². The van der Waals surface area contributed by atoms with E-state index in [9.17, 15) is 9.90 Å². The first-order chi connectivity index (χ1) is 9.19. The fourth-order valence-electron chi connectivity index (χ4n) is 1.80. The number of phenolic OH excluding ortho intramolecular Hbond substituents is 1. The molecule has 0 unspecified atom stereocenters. The van der Waals surface area contributed by atoms with Crippen LogP contribution in [0.3, 0.4) is 0 Å². The molecular formula is C17H16O2. The second kappa shape index (κ2) is 6.01. The number of aromatic hydroxyl groups is 1. The number of ketones is 1. The number of carbonyl (C=O) groups is 1. The molecule has 2 aromatic carbocycles. The van der Waals surface area contributed by atoms with Crippen molar-refractivity contribution in [2.24, 2.45) is 0 Å². The predicted octanol–water partition coefficient (Wildman–Crippen LogP) is 3.85. The number of carbonyl (C=O) groups excluding carboxylic acids is 1. The largest absolute Gasteiger partial charge is 0.508 e. The van der Waals surface area contributed by atoms with Crippen LogP contribution in [-0.2, 0) is 6.42 Å². The van der Waals surface area contributed by atoms with Crippen molar-refractivity contribution in [3.63, 3.8) is 0 Å². The summed E-state index contributed by atoms with van der Waals surface area (Å²) in [6.07, 6.45) is 4.19. The molecular weight excluding hydrogens is 236 g/mol. The van der Waals surface area contributed by atoms with Crippen LogP contribution >= 0.6 is 0 Å². The van der Waals surface area contributed by atoms with Crippen LogP contribution < -0.4 is 0 Å². The summed E-state index contributed by atoms with van der Waals surface area (Å²) in [7, 11) is 0. The van der Waals surface area contributed by atoms with Crippen molar-refractivity contribution in [3.8, 4) is 5.75 Å². The van der Waals surface area contributed by atoms with Crippen molar-refractivity contribution < 1.29 is 9.90 Å². The minimum Gasteiger partial charge on any atom is -0.508 e. The zero-order valence-corrected chi connectivity index (χ0v) is 10.8. The van der Waals surface area contributed by atoms with Crippen LogP contribution in [0.15, 0.2) is 54.6 Å². The van der Waals surface area contributed by atoms with E-state index in [-0.39, 0.29) is 11.5 Å². The summed E-state index contributed by atoms with van der Waals surface area (Å²) in [5.41, 5.74) is 2.70. The molecule has 19 heavy (non-hydrogen) atoms. The van der Waals surface area contributed by atoms with Gasteiger partial charge in [-0.2, -0.15) is 0 Å². The van der Waals surface area contributed by atoms with E-state index in [1.165, 1.54) is 11.6 Å². The van der Waals surface area contributed by atoms with Gasteiger partial charge < -0.3 is 5.11 Å². The lowest BCUT2D eigenvalue weighted by Crippen LogP contribution is -1.94. The normalized spacial score (nSPS) is 10.8. The fraction of sp³-hybridized carbons (Fsp3) is 0.118. The summed E-state index contributed by atoms with van der Waals surface area (Å²) < 4.78 is 0. The van der Waals surface area contributed by atoms with E-state index in [2.05, 4.69) is 6.92 Å². The van der Waals surface area contributed by atoms with Crippen molar-refractivity contribution in [3.05, 3.63) is 71.3 Å². The number of rotatable bonds is 4. The van der Waals surface area contributed by atoms with E-state index in [0.29, 0.717) is 5.56 Å². The van der Waals surface area contributed by atoms with Gasteiger partial charge in [-0.25, -0.2) is 0 Å². The highest BCUT2D eigenvalue weighted by Gasteiger charge is 2.01. The van der Waals surface area contributed by atoms with Crippen molar-refractivity contribution >= 4 is 11.9 Å². The Morgan fingerprint density at radius 3 is 2.53 bits per heavy atom. The minimum absolute atomic E-state index is 0.0361. The molecule has 0 aliphatic heterocycles. The molecule has 0 aliphatic rings. The second-order valence-electron chi connectivity index (χ2n) is 4.34. The highest BCUT2D eigenvalue weighted by Crippen LogP contribution is 2.13. The van der Waals surface area contributed by atoms with Gasteiger partial charge >= 0.3 is 0 Å². The number of benzene rings is 2. The molecule has 0 heterocycles. The fourth-order valence-corrected chi connectivity index (χ4v) is 1.80. The number of aryl methyl sites for hydroxylation is 1. The molecule has 0 fully saturated rings. The van der Waals surface area contributed by atoms with Crippen molar-refractivity contribution in [2.45, 2.75) is 13.3 Å². The van der Waals surface area contributed by atoms with Gasteiger partial charge in [-0.3, -0.25) is 4.79 Å². The topological polar surface area (TPSA) is 37.3 Å². The monoisotopic (exact) mass is 252 g/mol. The predicted molar refractivity (Wildman–Crippen MR) is 77.3 cm³/mol. The molecule has 2 rings (SSSR count). The summed E-state index contributed by atoms with van der Waals surface area (Å²) in [6.45, 7) is 2.08. The van der Waals surface area contributed by atoms with Gasteiger partial charge in [-0.15, -0.1) is 0 Å². The van der Waals surface area contributed by atoms with E-state index in [0.717, 1.165) is 12.0 Å². The van der Waals surface area contributed by atoms with Crippen molar-refractivity contribution in [1.29, 1.82) is 0 Å². The second-order valence-corrected chi connectivity index (χ2v) is 4.34. The molecule has 96 valence electrons. The third-order valence-electron chi connectivity index (χ3n) is 2.94. The molecule has 2 aromatic rings. The van der Waals surface area contributed by atoms with E-state index in [4.69, 9.17) is 0 Å². The van der Waals surface area contributed by atoms with Crippen LogP contribution in [0.2, 0.25) is 0 Å². The number of hydrogen-bond acceptors (Lipinski definition) is 2. The Hall–Kier alpha value is -2.35. The Morgan fingerprint density at radius 1 is 1.16 bits per heavy atom. The highest BCUT2D eigenvalue weighted by atomic mass is 16.3. The van der Waals surface area contributed by atoms with Crippen LogP contribution in [0, 0.1) is 0 Å². The number of phenols is 1. The van der Waals surface area contributed by atoms with Crippen LogP contribution in [0.5, 0.6) is 5.75 Å². The maximum Gasteiger partial charge on any atom is 0.185 e. The molecule has 0 spiro atoms. The molecule has 0 saturated heterocycles. The lowest BCUT2D eigenvalue weighted by atomic mass is 10.1. The van der Waals surface area contributed by atoms with Gasteiger partial charge in [-0.05, 0) is 35.8 Å². The molecule has 0 bridgehead atoms. The number of allylic oxidation sites excluding steroid dienone is 1. The Kier molecular flexibility index (Phi) is 4.14. The number of hydrogen-bond donors (Lipinski definition) is 1. The van der Waals surface area contributed by atoms with Crippen molar-refractivity contribution in [2.75, 3.05) is 0 Å². The Morgan fingerprint density at radius 2 is 1.89 bits per heavy atom. The molecule has 1 N–H and O–H groups in total. The smallest absolute Gasteiger partial charge is 0.185 e. The Labute approximate surface area is 113 Å². The van der Waals surface area contributed by atoms with Crippen LogP contribution in [0.1, 0.15) is 28.4 Å². The van der Waals surface area contributed by atoms with E-state index >= 15 is 0 Å². The lowest BCUT2D eigenvalue weighted by molar-refractivity contribution is 0.104. The van der Waals surface area contributed by atoms with Crippen LogP contribution in [-0.4, -0.2) is 10.9 Å². The van der Waals surface area contributed by atoms with Gasteiger partial charge in [0.1, 0.15) is 5.75 Å².